The van der Waals surface area contributed by atoms with Gasteiger partial charge in [0, 0.05) is 26.2 Å². The van der Waals surface area contributed by atoms with E-state index >= 15 is 0 Å². The Labute approximate surface area is 127 Å². The lowest BCUT2D eigenvalue weighted by molar-refractivity contribution is -0.136. The third-order valence-electron chi connectivity index (χ3n) is 3.42. The van der Waals surface area contributed by atoms with Crippen LogP contribution in [-0.4, -0.2) is 66.7 Å². The number of hydrogen-bond donors (Lipinski definition) is 1. The molecule has 1 N–H and O–H groups in total. The van der Waals surface area contributed by atoms with Gasteiger partial charge in [0.25, 0.3) is 0 Å². The highest BCUT2D eigenvalue weighted by Gasteiger charge is 2.31. The second-order valence-electron chi connectivity index (χ2n) is 7.00. The molecular weight excluding hydrogens is 270 g/mol. The van der Waals surface area contributed by atoms with Gasteiger partial charge >= 0.3 is 6.09 Å². The predicted octanol–water partition coefficient (Wildman–Crippen LogP) is 1.31. The van der Waals surface area contributed by atoms with Gasteiger partial charge in [-0.15, -0.1) is 0 Å². The van der Waals surface area contributed by atoms with Crippen LogP contribution in [0, 0.1) is 5.92 Å². The maximum atomic E-state index is 12.6. The zero-order valence-electron chi connectivity index (χ0n) is 14.1. The summed E-state index contributed by atoms with van der Waals surface area (Å²) >= 11 is 0. The second kappa shape index (κ2) is 7.11. The number of hydrogen-bond acceptors (Lipinski definition) is 4. The molecule has 0 spiro atoms. The van der Waals surface area contributed by atoms with Crippen LogP contribution in [0.2, 0.25) is 0 Å². The molecule has 6 heteroatoms. The number of nitrogens with zero attached hydrogens (tertiary/aromatic N) is 2. The first kappa shape index (κ1) is 17.8. The first-order chi connectivity index (χ1) is 9.60. The van der Waals surface area contributed by atoms with Crippen molar-refractivity contribution in [3.8, 4) is 0 Å². The fraction of sp³-hybridized carbons (Fsp3) is 0.867. The molecule has 0 unspecified atom stereocenters. The van der Waals surface area contributed by atoms with E-state index in [1.807, 2.05) is 25.8 Å². The summed E-state index contributed by atoms with van der Waals surface area (Å²) < 4.78 is 5.24. The van der Waals surface area contributed by atoms with E-state index in [0.717, 1.165) is 13.1 Å². The maximum absolute atomic E-state index is 12.6. The highest BCUT2D eigenvalue weighted by molar-refractivity contribution is 5.86. The average Bonchev–Trinajstić information content (AvgIpc) is 2.33. The molecule has 1 aliphatic heterocycles. The van der Waals surface area contributed by atoms with Crippen molar-refractivity contribution in [1.29, 1.82) is 0 Å². The van der Waals surface area contributed by atoms with Crippen LogP contribution in [0.1, 0.15) is 34.6 Å². The van der Waals surface area contributed by atoms with Crippen molar-refractivity contribution in [2.75, 3.05) is 33.2 Å². The molecule has 1 fully saturated rings. The van der Waals surface area contributed by atoms with E-state index in [1.54, 1.807) is 20.8 Å². The van der Waals surface area contributed by atoms with Gasteiger partial charge in [-0.1, -0.05) is 13.8 Å². The Morgan fingerprint density at radius 3 is 2.05 bits per heavy atom. The summed E-state index contributed by atoms with van der Waals surface area (Å²) in [5.74, 6) is -0.00589. The monoisotopic (exact) mass is 299 g/mol. The second-order valence-corrected chi connectivity index (χ2v) is 7.00. The Morgan fingerprint density at radius 2 is 1.62 bits per heavy atom. The van der Waals surface area contributed by atoms with E-state index in [-0.39, 0.29) is 11.8 Å². The fourth-order valence-electron chi connectivity index (χ4n) is 2.17. The minimum atomic E-state index is -0.567. The molecule has 0 radical (unpaired) electrons. The maximum Gasteiger partial charge on any atom is 0.408 e. The Kier molecular flexibility index (Phi) is 6.01. The fourth-order valence-corrected chi connectivity index (χ4v) is 2.17. The first-order valence-corrected chi connectivity index (χ1v) is 7.57. The molecule has 0 aromatic rings. The Balaban J connectivity index is 2.64. The largest absolute Gasteiger partial charge is 0.444 e. The normalized spacial score (nSPS) is 18.5. The summed E-state index contributed by atoms with van der Waals surface area (Å²) in [6, 6.07) is -0.539. The minimum Gasteiger partial charge on any atom is -0.444 e. The molecule has 0 aromatic carbocycles. The van der Waals surface area contributed by atoms with E-state index in [0.29, 0.717) is 13.1 Å². The molecule has 6 nitrogen and oxygen atoms in total. The van der Waals surface area contributed by atoms with Crippen LogP contribution in [0.25, 0.3) is 0 Å². The van der Waals surface area contributed by atoms with Crippen molar-refractivity contribution in [3.63, 3.8) is 0 Å². The van der Waals surface area contributed by atoms with Crippen molar-refractivity contribution in [2.24, 2.45) is 5.92 Å². The molecular formula is C15H29N3O3. The highest BCUT2D eigenvalue weighted by atomic mass is 16.6. The molecule has 1 rings (SSSR count). The van der Waals surface area contributed by atoms with Crippen molar-refractivity contribution in [3.05, 3.63) is 0 Å². The van der Waals surface area contributed by atoms with Crippen LogP contribution in [0.15, 0.2) is 0 Å². The topological polar surface area (TPSA) is 61.9 Å². The molecule has 0 aliphatic carbocycles. The lowest BCUT2D eigenvalue weighted by Crippen LogP contribution is -2.56. The van der Waals surface area contributed by atoms with Crippen molar-refractivity contribution in [2.45, 2.75) is 46.3 Å². The zero-order chi connectivity index (χ0) is 16.2. The first-order valence-electron chi connectivity index (χ1n) is 7.57. The number of likely N-dealkylation sites (N-methyl/N-ethyl adjacent to an activating group) is 1. The van der Waals surface area contributed by atoms with Crippen molar-refractivity contribution in [1.82, 2.24) is 15.1 Å². The van der Waals surface area contributed by atoms with Gasteiger partial charge in [0.2, 0.25) is 5.91 Å². The summed E-state index contributed by atoms with van der Waals surface area (Å²) in [6.45, 7) is 12.4. The van der Waals surface area contributed by atoms with Gasteiger partial charge in [-0.2, -0.15) is 0 Å². The van der Waals surface area contributed by atoms with E-state index < -0.39 is 17.7 Å². The highest BCUT2D eigenvalue weighted by Crippen LogP contribution is 2.11. The molecule has 2 amide bonds. The van der Waals surface area contributed by atoms with E-state index in [9.17, 15) is 9.59 Å². The number of alkyl carbamates (subject to hydrolysis) is 1. The Bertz CT molecular complexity index is 369. The van der Waals surface area contributed by atoms with Crippen molar-refractivity contribution < 1.29 is 14.3 Å². The molecule has 122 valence electrons. The van der Waals surface area contributed by atoms with Gasteiger partial charge in [0.05, 0.1) is 0 Å². The van der Waals surface area contributed by atoms with E-state index in [2.05, 4.69) is 10.2 Å². The summed E-state index contributed by atoms with van der Waals surface area (Å²) in [7, 11) is 2.04. The standard InChI is InChI=1S/C15H29N3O3/c1-11(2)12(16-14(20)21-15(3,4)5)13(19)18-9-7-17(6)8-10-18/h11-12H,7-10H2,1-6H3,(H,16,20)/t12-/m0/s1. The van der Waals surface area contributed by atoms with Crippen LogP contribution in [-0.2, 0) is 9.53 Å². The predicted molar refractivity (Wildman–Crippen MR) is 82.1 cm³/mol. The van der Waals surface area contributed by atoms with Crippen LogP contribution >= 0.6 is 0 Å². The molecule has 1 aliphatic rings. The SMILES string of the molecule is CC(C)[C@H](NC(=O)OC(C)(C)C)C(=O)N1CCN(C)CC1. The van der Waals surface area contributed by atoms with Gasteiger partial charge < -0.3 is 19.9 Å². The molecule has 1 heterocycles. The average molecular weight is 299 g/mol. The van der Waals surface area contributed by atoms with Gasteiger partial charge in [-0.25, -0.2) is 4.79 Å². The number of carbonyl (C=O) groups is 2. The van der Waals surface area contributed by atoms with Gasteiger partial charge in [-0.3, -0.25) is 4.79 Å². The minimum absolute atomic E-state index is 0.0182. The number of rotatable bonds is 3. The Hall–Kier alpha value is -1.30. The molecule has 0 aromatic heterocycles. The van der Waals surface area contributed by atoms with Crippen molar-refractivity contribution >= 4 is 12.0 Å². The van der Waals surface area contributed by atoms with E-state index in [1.165, 1.54) is 0 Å². The van der Waals surface area contributed by atoms with Crippen LogP contribution in [0.5, 0.6) is 0 Å². The number of amides is 2. The van der Waals surface area contributed by atoms with Gasteiger partial charge in [0.1, 0.15) is 11.6 Å². The summed E-state index contributed by atoms with van der Waals surface area (Å²) in [5.41, 5.74) is -0.567. The summed E-state index contributed by atoms with van der Waals surface area (Å²) in [4.78, 5) is 28.5. The van der Waals surface area contributed by atoms with Crippen LogP contribution in [0.4, 0.5) is 4.79 Å². The van der Waals surface area contributed by atoms with E-state index in [4.69, 9.17) is 4.74 Å². The summed E-state index contributed by atoms with van der Waals surface area (Å²) in [6.07, 6.45) is -0.538. The molecule has 0 bridgehead atoms. The summed E-state index contributed by atoms with van der Waals surface area (Å²) in [5, 5.41) is 2.72. The Morgan fingerprint density at radius 1 is 1.10 bits per heavy atom. The number of piperazine rings is 1. The van der Waals surface area contributed by atoms with Crippen LogP contribution in [0.3, 0.4) is 0 Å². The molecule has 21 heavy (non-hydrogen) atoms. The van der Waals surface area contributed by atoms with Gasteiger partial charge in [-0.05, 0) is 33.7 Å². The smallest absolute Gasteiger partial charge is 0.408 e. The number of nitrogens with one attached hydrogen (secondary N) is 1. The van der Waals surface area contributed by atoms with Crippen LogP contribution < -0.4 is 5.32 Å². The van der Waals surface area contributed by atoms with Gasteiger partial charge in [0.15, 0.2) is 0 Å². The molecule has 0 saturated carbocycles. The molecule has 1 atom stereocenters. The zero-order valence-corrected chi connectivity index (χ0v) is 14.1. The number of ether oxygens (including phenoxy) is 1. The third kappa shape index (κ3) is 5.91. The lowest BCUT2D eigenvalue weighted by Gasteiger charge is -2.35. The molecule has 1 saturated heterocycles. The lowest BCUT2D eigenvalue weighted by atomic mass is 10.0. The quantitative estimate of drug-likeness (QED) is 0.853. The number of carbonyl (C=O) groups excluding carboxylic acids is 2. The third-order valence-corrected chi connectivity index (χ3v) is 3.42.